The number of hydrogen-bond donors (Lipinski definition) is 1. The molecule has 1 atom stereocenters. The van der Waals surface area contributed by atoms with Crippen molar-refractivity contribution >= 4 is 0 Å². The summed E-state index contributed by atoms with van der Waals surface area (Å²) >= 11 is 0. The zero-order valence-electron chi connectivity index (χ0n) is 14.1. The SMILES string of the molecule is CCOCCN(CC)CC(N)c1ccc(CC(C)C)cc1. The number of hydrogen-bond acceptors (Lipinski definition) is 3. The van der Waals surface area contributed by atoms with Crippen molar-refractivity contribution in [1.29, 1.82) is 0 Å². The monoisotopic (exact) mass is 292 g/mol. The lowest BCUT2D eigenvalue weighted by Crippen LogP contribution is -2.34. The summed E-state index contributed by atoms with van der Waals surface area (Å²) in [7, 11) is 0. The van der Waals surface area contributed by atoms with Crippen molar-refractivity contribution in [1.82, 2.24) is 4.90 Å². The summed E-state index contributed by atoms with van der Waals surface area (Å²) in [5.41, 5.74) is 8.96. The minimum Gasteiger partial charge on any atom is -0.380 e. The van der Waals surface area contributed by atoms with E-state index in [4.69, 9.17) is 10.5 Å². The molecule has 21 heavy (non-hydrogen) atoms. The van der Waals surface area contributed by atoms with Gasteiger partial charge in [0.15, 0.2) is 0 Å². The van der Waals surface area contributed by atoms with Crippen LogP contribution in [-0.4, -0.2) is 37.7 Å². The molecule has 2 N–H and O–H groups in total. The van der Waals surface area contributed by atoms with Crippen LogP contribution in [0, 0.1) is 5.92 Å². The van der Waals surface area contributed by atoms with Gasteiger partial charge >= 0.3 is 0 Å². The van der Waals surface area contributed by atoms with Crippen LogP contribution in [0.3, 0.4) is 0 Å². The second kappa shape index (κ2) is 9.93. The van der Waals surface area contributed by atoms with Crippen molar-refractivity contribution in [3.05, 3.63) is 35.4 Å². The minimum absolute atomic E-state index is 0.0691. The molecule has 0 amide bonds. The lowest BCUT2D eigenvalue weighted by atomic mass is 9.99. The fourth-order valence-corrected chi connectivity index (χ4v) is 2.47. The summed E-state index contributed by atoms with van der Waals surface area (Å²) in [6, 6.07) is 8.86. The Bertz CT molecular complexity index is 375. The highest BCUT2D eigenvalue weighted by atomic mass is 16.5. The van der Waals surface area contributed by atoms with E-state index in [0.717, 1.165) is 39.3 Å². The van der Waals surface area contributed by atoms with E-state index in [0.29, 0.717) is 5.92 Å². The van der Waals surface area contributed by atoms with Crippen LogP contribution in [0.4, 0.5) is 0 Å². The van der Waals surface area contributed by atoms with Crippen LogP contribution < -0.4 is 5.73 Å². The van der Waals surface area contributed by atoms with Crippen LogP contribution >= 0.6 is 0 Å². The predicted molar refractivity (Wildman–Crippen MR) is 90.5 cm³/mol. The molecule has 120 valence electrons. The normalized spacial score (nSPS) is 13.1. The Balaban J connectivity index is 2.51. The van der Waals surface area contributed by atoms with Gasteiger partial charge in [0.2, 0.25) is 0 Å². The van der Waals surface area contributed by atoms with Crippen molar-refractivity contribution in [3.8, 4) is 0 Å². The highest BCUT2D eigenvalue weighted by Gasteiger charge is 2.11. The molecule has 0 saturated carbocycles. The molecule has 3 nitrogen and oxygen atoms in total. The van der Waals surface area contributed by atoms with Gasteiger partial charge < -0.3 is 10.5 Å². The van der Waals surface area contributed by atoms with Crippen molar-refractivity contribution < 1.29 is 4.74 Å². The molecule has 0 aliphatic heterocycles. The van der Waals surface area contributed by atoms with Gasteiger partial charge in [0.25, 0.3) is 0 Å². The van der Waals surface area contributed by atoms with E-state index in [1.807, 2.05) is 6.92 Å². The molecule has 0 aliphatic rings. The van der Waals surface area contributed by atoms with E-state index in [9.17, 15) is 0 Å². The van der Waals surface area contributed by atoms with Crippen molar-refractivity contribution in [2.75, 3.05) is 32.8 Å². The van der Waals surface area contributed by atoms with E-state index in [-0.39, 0.29) is 6.04 Å². The van der Waals surface area contributed by atoms with E-state index >= 15 is 0 Å². The topological polar surface area (TPSA) is 38.5 Å². The second-order valence-electron chi connectivity index (χ2n) is 6.04. The van der Waals surface area contributed by atoms with Crippen LogP contribution in [0.5, 0.6) is 0 Å². The number of nitrogens with two attached hydrogens (primary N) is 1. The van der Waals surface area contributed by atoms with Gasteiger partial charge in [-0.3, -0.25) is 4.90 Å². The average molecular weight is 292 g/mol. The summed E-state index contributed by atoms with van der Waals surface area (Å²) in [5, 5.41) is 0. The van der Waals surface area contributed by atoms with E-state index in [1.165, 1.54) is 11.1 Å². The third-order valence-electron chi connectivity index (χ3n) is 3.71. The van der Waals surface area contributed by atoms with E-state index in [2.05, 4.69) is 49.9 Å². The van der Waals surface area contributed by atoms with E-state index in [1.54, 1.807) is 0 Å². The van der Waals surface area contributed by atoms with Gasteiger partial charge in [-0.1, -0.05) is 45.0 Å². The summed E-state index contributed by atoms with van der Waals surface area (Å²) in [6.45, 7) is 13.1. The third-order valence-corrected chi connectivity index (χ3v) is 3.71. The fourth-order valence-electron chi connectivity index (χ4n) is 2.47. The summed E-state index contributed by atoms with van der Waals surface area (Å²) in [5.74, 6) is 0.693. The molecule has 3 heteroatoms. The molecule has 0 aromatic heterocycles. The maximum absolute atomic E-state index is 6.34. The molecule has 0 aliphatic carbocycles. The first kappa shape index (κ1) is 18.1. The highest BCUT2D eigenvalue weighted by molar-refractivity contribution is 5.25. The molecule has 0 saturated heterocycles. The zero-order valence-corrected chi connectivity index (χ0v) is 14.1. The van der Waals surface area contributed by atoms with Crippen LogP contribution in [0.2, 0.25) is 0 Å². The van der Waals surface area contributed by atoms with Crippen LogP contribution in [0.25, 0.3) is 0 Å². The largest absolute Gasteiger partial charge is 0.380 e. The first-order chi connectivity index (χ1) is 10.1. The Kier molecular flexibility index (Phi) is 8.58. The molecule has 0 heterocycles. The maximum Gasteiger partial charge on any atom is 0.0593 e. The maximum atomic E-state index is 6.34. The van der Waals surface area contributed by atoms with Gasteiger partial charge in [-0.25, -0.2) is 0 Å². The Morgan fingerprint density at radius 2 is 1.81 bits per heavy atom. The van der Waals surface area contributed by atoms with Crippen molar-refractivity contribution in [2.24, 2.45) is 11.7 Å². The average Bonchev–Trinajstić information content (AvgIpc) is 2.46. The number of likely N-dealkylation sites (N-methyl/N-ethyl adjacent to an activating group) is 1. The molecule has 0 bridgehead atoms. The number of benzene rings is 1. The van der Waals surface area contributed by atoms with Gasteiger partial charge in [-0.15, -0.1) is 0 Å². The number of rotatable bonds is 10. The standard InChI is InChI=1S/C18H32N2O/c1-5-20(11-12-21-6-2)14-18(19)17-9-7-16(8-10-17)13-15(3)4/h7-10,15,18H,5-6,11-14,19H2,1-4H3. The third kappa shape index (κ3) is 7.07. The molecular formula is C18H32N2O. The first-order valence-electron chi connectivity index (χ1n) is 8.21. The molecule has 1 aromatic rings. The first-order valence-corrected chi connectivity index (χ1v) is 8.21. The summed E-state index contributed by atoms with van der Waals surface area (Å²) < 4.78 is 5.42. The lowest BCUT2D eigenvalue weighted by molar-refractivity contribution is 0.113. The van der Waals surface area contributed by atoms with Crippen molar-refractivity contribution in [3.63, 3.8) is 0 Å². The molecule has 1 aromatic carbocycles. The van der Waals surface area contributed by atoms with Gasteiger partial charge in [0, 0.05) is 25.7 Å². The smallest absolute Gasteiger partial charge is 0.0593 e. The summed E-state index contributed by atoms with van der Waals surface area (Å²) in [6.07, 6.45) is 1.13. The fraction of sp³-hybridized carbons (Fsp3) is 0.667. The van der Waals surface area contributed by atoms with E-state index < -0.39 is 0 Å². The second-order valence-corrected chi connectivity index (χ2v) is 6.04. The van der Waals surface area contributed by atoms with Gasteiger partial charge in [0.05, 0.1) is 6.61 Å². The Morgan fingerprint density at radius 3 is 2.33 bits per heavy atom. The molecule has 0 spiro atoms. The van der Waals surface area contributed by atoms with Crippen LogP contribution in [0.15, 0.2) is 24.3 Å². The molecule has 0 fully saturated rings. The minimum atomic E-state index is 0.0691. The zero-order chi connectivity index (χ0) is 15.7. The molecular weight excluding hydrogens is 260 g/mol. The molecule has 0 radical (unpaired) electrons. The number of nitrogens with zero attached hydrogens (tertiary/aromatic N) is 1. The van der Waals surface area contributed by atoms with Crippen LogP contribution in [-0.2, 0) is 11.2 Å². The molecule has 1 rings (SSSR count). The lowest BCUT2D eigenvalue weighted by Gasteiger charge is -2.24. The highest BCUT2D eigenvalue weighted by Crippen LogP contribution is 2.15. The predicted octanol–water partition coefficient (Wildman–Crippen LogP) is 3.24. The summed E-state index contributed by atoms with van der Waals surface area (Å²) in [4.78, 5) is 2.35. The quantitative estimate of drug-likeness (QED) is 0.673. The Morgan fingerprint density at radius 1 is 1.14 bits per heavy atom. The van der Waals surface area contributed by atoms with Gasteiger partial charge in [-0.05, 0) is 36.9 Å². The van der Waals surface area contributed by atoms with Gasteiger partial charge in [-0.2, -0.15) is 0 Å². The van der Waals surface area contributed by atoms with Crippen LogP contribution in [0.1, 0.15) is 44.9 Å². The Labute approximate surface area is 130 Å². The van der Waals surface area contributed by atoms with Crippen molar-refractivity contribution in [2.45, 2.75) is 40.2 Å². The molecule has 1 unspecified atom stereocenters. The van der Waals surface area contributed by atoms with Gasteiger partial charge in [0.1, 0.15) is 0 Å². The Hall–Kier alpha value is -0.900. The number of ether oxygens (including phenoxy) is 1.